The number of nitrogens with one attached hydrogen (secondary N) is 2. The predicted octanol–water partition coefficient (Wildman–Crippen LogP) is 4.18. The average molecular weight is 415 g/mol. The molecule has 0 saturated carbocycles. The van der Waals surface area contributed by atoms with Crippen LogP contribution in [-0.4, -0.2) is 24.3 Å². The molecule has 2 N–H and O–H groups in total. The van der Waals surface area contributed by atoms with Crippen molar-refractivity contribution in [1.82, 2.24) is 5.32 Å². The average Bonchev–Trinajstić information content (AvgIpc) is 3.40. The number of carbonyl (C=O) groups excluding carboxylic acids is 3. The molecule has 2 aromatic heterocycles. The first-order chi connectivity index (χ1) is 13.6. The van der Waals surface area contributed by atoms with Crippen molar-refractivity contribution in [3.8, 4) is 5.75 Å². The lowest BCUT2D eigenvalue weighted by Gasteiger charge is -2.07. The second-order valence-electron chi connectivity index (χ2n) is 5.80. The quantitative estimate of drug-likeness (QED) is 0.329. The Kier molecular flexibility index (Phi) is 6.94. The summed E-state index contributed by atoms with van der Waals surface area (Å²) in [6.45, 7) is 0.400. The van der Waals surface area contributed by atoms with Crippen molar-refractivity contribution in [3.05, 3.63) is 69.0 Å². The van der Waals surface area contributed by atoms with Crippen LogP contribution in [-0.2, 0) is 4.79 Å². The minimum Gasteiger partial charge on any atom is -0.427 e. The SMILES string of the molecule is O=C(CCCNC(=O)c1ccsc1)Oc1ccc(NC(=O)c2cccs2)cc1. The van der Waals surface area contributed by atoms with Gasteiger partial charge in [0.25, 0.3) is 11.8 Å². The van der Waals surface area contributed by atoms with Gasteiger partial charge in [0.15, 0.2) is 0 Å². The molecule has 0 saturated heterocycles. The Morgan fingerprint density at radius 2 is 1.79 bits per heavy atom. The van der Waals surface area contributed by atoms with Crippen LogP contribution < -0.4 is 15.4 Å². The highest BCUT2D eigenvalue weighted by Gasteiger charge is 2.09. The van der Waals surface area contributed by atoms with Crippen molar-refractivity contribution in [2.24, 2.45) is 0 Å². The van der Waals surface area contributed by atoms with Crippen molar-refractivity contribution in [2.45, 2.75) is 12.8 Å². The van der Waals surface area contributed by atoms with Crippen molar-refractivity contribution >= 4 is 46.1 Å². The second kappa shape index (κ2) is 9.82. The van der Waals surface area contributed by atoms with Gasteiger partial charge in [-0.25, -0.2) is 0 Å². The normalized spacial score (nSPS) is 10.3. The number of amides is 2. The largest absolute Gasteiger partial charge is 0.427 e. The molecule has 0 radical (unpaired) electrons. The lowest BCUT2D eigenvalue weighted by Crippen LogP contribution is -2.24. The summed E-state index contributed by atoms with van der Waals surface area (Å²) in [7, 11) is 0. The van der Waals surface area contributed by atoms with Crippen molar-refractivity contribution in [3.63, 3.8) is 0 Å². The zero-order valence-electron chi connectivity index (χ0n) is 14.8. The van der Waals surface area contributed by atoms with Gasteiger partial charge in [-0.1, -0.05) is 6.07 Å². The van der Waals surface area contributed by atoms with Crippen LogP contribution >= 0.6 is 22.7 Å². The van der Waals surface area contributed by atoms with Gasteiger partial charge in [0.05, 0.1) is 4.88 Å². The summed E-state index contributed by atoms with van der Waals surface area (Å²) in [4.78, 5) is 36.3. The Labute approximate surface area is 170 Å². The molecular formula is C20H18N2O4S2. The van der Waals surface area contributed by atoms with Crippen LogP contribution in [0, 0.1) is 0 Å². The Hall–Kier alpha value is -2.97. The fourth-order valence-corrected chi connectivity index (χ4v) is 3.57. The third-order valence-corrected chi connectivity index (χ3v) is 5.27. The summed E-state index contributed by atoms with van der Waals surface area (Å²) in [6, 6.07) is 11.9. The number of rotatable bonds is 8. The summed E-state index contributed by atoms with van der Waals surface area (Å²) in [5.41, 5.74) is 1.24. The molecule has 144 valence electrons. The van der Waals surface area contributed by atoms with E-state index in [0.717, 1.165) is 0 Å². The van der Waals surface area contributed by atoms with Gasteiger partial charge in [-0.2, -0.15) is 11.3 Å². The number of hydrogen-bond donors (Lipinski definition) is 2. The molecule has 0 unspecified atom stereocenters. The van der Waals surface area contributed by atoms with Gasteiger partial charge in [0.1, 0.15) is 5.75 Å². The maximum Gasteiger partial charge on any atom is 0.311 e. The van der Waals surface area contributed by atoms with Crippen LogP contribution in [0.5, 0.6) is 5.75 Å². The molecule has 0 aliphatic rings. The molecule has 3 aromatic rings. The van der Waals surface area contributed by atoms with E-state index in [2.05, 4.69) is 10.6 Å². The van der Waals surface area contributed by atoms with Gasteiger partial charge in [-0.15, -0.1) is 11.3 Å². The first-order valence-electron chi connectivity index (χ1n) is 8.58. The Bertz CT molecular complexity index is 920. The minimum absolute atomic E-state index is 0.144. The van der Waals surface area contributed by atoms with E-state index >= 15 is 0 Å². The number of benzene rings is 1. The van der Waals surface area contributed by atoms with E-state index < -0.39 is 0 Å². The monoisotopic (exact) mass is 414 g/mol. The summed E-state index contributed by atoms with van der Waals surface area (Å²) >= 11 is 2.82. The molecule has 0 aliphatic carbocycles. The number of hydrogen-bond acceptors (Lipinski definition) is 6. The number of thiophene rings is 2. The van der Waals surface area contributed by atoms with Gasteiger partial charge < -0.3 is 15.4 Å². The minimum atomic E-state index is -0.375. The van der Waals surface area contributed by atoms with Gasteiger partial charge in [0.2, 0.25) is 0 Å². The van der Waals surface area contributed by atoms with E-state index in [-0.39, 0.29) is 24.2 Å². The Morgan fingerprint density at radius 3 is 2.46 bits per heavy atom. The lowest BCUT2D eigenvalue weighted by atomic mass is 10.2. The summed E-state index contributed by atoms with van der Waals surface area (Å²) in [5, 5.41) is 11.0. The number of esters is 1. The molecule has 6 nitrogen and oxygen atoms in total. The second-order valence-corrected chi connectivity index (χ2v) is 7.53. The standard InChI is InChI=1S/C20H18N2O4S2/c23-18(4-1-10-21-19(24)14-9-12-27-13-14)26-16-7-5-15(6-8-16)22-20(25)17-3-2-11-28-17/h2-3,5-9,11-13H,1,4,10H2,(H,21,24)(H,22,25). The van der Waals surface area contributed by atoms with E-state index in [1.54, 1.807) is 41.8 Å². The first-order valence-corrected chi connectivity index (χ1v) is 10.4. The molecule has 2 amide bonds. The van der Waals surface area contributed by atoms with Crippen molar-refractivity contribution in [1.29, 1.82) is 0 Å². The lowest BCUT2D eigenvalue weighted by molar-refractivity contribution is -0.134. The fraction of sp³-hybridized carbons (Fsp3) is 0.150. The van der Waals surface area contributed by atoms with Crippen LogP contribution in [0.15, 0.2) is 58.6 Å². The molecule has 1 aromatic carbocycles. The van der Waals surface area contributed by atoms with Crippen molar-refractivity contribution < 1.29 is 19.1 Å². The third kappa shape index (κ3) is 5.77. The highest BCUT2D eigenvalue weighted by atomic mass is 32.1. The zero-order valence-corrected chi connectivity index (χ0v) is 16.5. The molecular weight excluding hydrogens is 396 g/mol. The Morgan fingerprint density at radius 1 is 0.964 bits per heavy atom. The zero-order chi connectivity index (χ0) is 19.8. The van der Waals surface area contributed by atoms with Crippen LogP contribution in [0.1, 0.15) is 32.9 Å². The molecule has 0 fully saturated rings. The molecule has 3 rings (SSSR count). The number of anilines is 1. The molecule has 0 atom stereocenters. The summed E-state index contributed by atoms with van der Waals surface area (Å²) in [5.74, 6) is -0.291. The molecule has 8 heteroatoms. The summed E-state index contributed by atoms with van der Waals surface area (Å²) < 4.78 is 5.27. The van der Waals surface area contributed by atoms with Crippen LogP contribution in [0.4, 0.5) is 5.69 Å². The smallest absolute Gasteiger partial charge is 0.311 e. The molecule has 0 spiro atoms. The molecule has 28 heavy (non-hydrogen) atoms. The predicted molar refractivity (Wildman–Crippen MR) is 110 cm³/mol. The van der Waals surface area contributed by atoms with Gasteiger partial charge in [-0.05, 0) is 53.6 Å². The van der Waals surface area contributed by atoms with E-state index in [1.807, 2.05) is 16.8 Å². The maximum absolute atomic E-state index is 12.0. The van der Waals surface area contributed by atoms with Gasteiger partial charge in [-0.3, -0.25) is 14.4 Å². The highest BCUT2D eigenvalue weighted by Crippen LogP contribution is 2.18. The van der Waals surface area contributed by atoms with Crippen LogP contribution in [0.3, 0.4) is 0 Å². The van der Waals surface area contributed by atoms with E-state index in [9.17, 15) is 14.4 Å². The number of ether oxygens (including phenoxy) is 1. The van der Waals surface area contributed by atoms with Crippen molar-refractivity contribution in [2.75, 3.05) is 11.9 Å². The van der Waals surface area contributed by atoms with Crippen LogP contribution in [0.2, 0.25) is 0 Å². The van der Waals surface area contributed by atoms with Gasteiger partial charge in [0, 0.05) is 29.6 Å². The first kappa shape index (κ1) is 19.8. The Balaban J connectivity index is 1.38. The molecule has 0 bridgehead atoms. The van der Waals surface area contributed by atoms with E-state index in [0.29, 0.717) is 34.8 Å². The van der Waals surface area contributed by atoms with E-state index in [4.69, 9.17) is 4.74 Å². The third-order valence-electron chi connectivity index (χ3n) is 3.72. The summed E-state index contributed by atoms with van der Waals surface area (Å²) in [6.07, 6.45) is 0.685. The molecule has 0 aliphatic heterocycles. The number of carbonyl (C=O) groups is 3. The highest BCUT2D eigenvalue weighted by molar-refractivity contribution is 7.12. The van der Waals surface area contributed by atoms with Gasteiger partial charge >= 0.3 is 5.97 Å². The molecule has 2 heterocycles. The topological polar surface area (TPSA) is 84.5 Å². The maximum atomic E-state index is 12.0. The fourth-order valence-electron chi connectivity index (χ4n) is 2.32. The van der Waals surface area contributed by atoms with E-state index in [1.165, 1.54) is 22.7 Å². The van der Waals surface area contributed by atoms with Crippen LogP contribution in [0.25, 0.3) is 0 Å².